The third kappa shape index (κ3) is 4.79. The van der Waals surface area contributed by atoms with Gasteiger partial charge < -0.3 is 10.1 Å². The number of nitrogens with one attached hydrogen (secondary N) is 1. The van der Waals surface area contributed by atoms with E-state index in [0.29, 0.717) is 0 Å². The van der Waals surface area contributed by atoms with Gasteiger partial charge in [0.2, 0.25) is 20.0 Å². The van der Waals surface area contributed by atoms with E-state index >= 15 is 0 Å². The SMILES string of the molecule is NS(=O)(=O)c1cccc(NC(=O)c2cc(S(=O)(=O)N3CCOCC3)ccc2F)c1. The van der Waals surface area contributed by atoms with Crippen molar-refractivity contribution in [2.24, 2.45) is 5.14 Å². The van der Waals surface area contributed by atoms with E-state index in [-0.39, 0.29) is 41.8 Å². The number of hydrogen-bond donors (Lipinski definition) is 2. The summed E-state index contributed by atoms with van der Waals surface area (Å²) >= 11 is 0. The minimum atomic E-state index is -3.99. The number of nitrogens with zero attached hydrogens (tertiary/aromatic N) is 1. The monoisotopic (exact) mass is 443 g/mol. The van der Waals surface area contributed by atoms with Crippen molar-refractivity contribution >= 4 is 31.6 Å². The minimum absolute atomic E-state index is 0.0577. The first-order chi connectivity index (χ1) is 13.6. The van der Waals surface area contributed by atoms with Gasteiger partial charge in [-0.3, -0.25) is 4.79 Å². The highest BCUT2D eigenvalue weighted by Gasteiger charge is 2.28. The number of amides is 1. The fourth-order valence-corrected chi connectivity index (χ4v) is 4.72. The van der Waals surface area contributed by atoms with Crippen molar-refractivity contribution in [3.8, 4) is 0 Å². The maximum atomic E-state index is 14.2. The van der Waals surface area contributed by atoms with E-state index in [1.165, 1.54) is 22.5 Å². The molecule has 1 aliphatic heterocycles. The Bertz CT molecular complexity index is 1150. The summed E-state index contributed by atoms with van der Waals surface area (Å²) in [6.45, 7) is 0.797. The maximum Gasteiger partial charge on any atom is 0.258 e. The van der Waals surface area contributed by atoms with Crippen LogP contribution in [0.1, 0.15) is 10.4 Å². The van der Waals surface area contributed by atoms with E-state index in [9.17, 15) is 26.0 Å². The quantitative estimate of drug-likeness (QED) is 0.700. The highest BCUT2D eigenvalue weighted by atomic mass is 32.2. The molecular weight excluding hydrogens is 425 g/mol. The molecule has 0 aromatic heterocycles. The summed E-state index contributed by atoms with van der Waals surface area (Å²) in [5, 5.41) is 7.39. The molecule has 0 radical (unpaired) electrons. The van der Waals surface area contributed by atoms with Gasteiger partial charge in [0.05, 0.1) is 28.6 Å². The number of rotatable bonds is 5. The number of carbonyl (C=O) groups is 1. The van der Waals surface area contributed by atoms with E-state index in [1.54, 1.807) is 0 Å². The molecule has 0 spiro atoms. The zero-order valence-electron chi connectivity index (χ0n) is 15.0. The Balaban J connectivity index is 1.89. The number of hydrogen-bond acceptors (Lipinski definition) is 6. The van der Waals surface area contributed by atoms with E-state index in [0.717, 1.165) is 24.3 Å². The maximum absolute atomic E-state index is 14.2. The first-order valence-corrected chi connectivity index (χ1v) is 11.4. The lowest BCUT2D eigenvalue weighted by Gasteiger charge is -2.26. The zero-order valence-corrected chi connectivity index (χ0v) is 16.7. The van der Waals surface area contributed by atoms with Gasteiger partial charge in [0.1, 0.15) is 5.82 Å². The van der Waals surface area contributed by atoms with Crippen molar-refractivity contribution in [3.63, 3.8) is 0 Å². The number of nitrogens with two attached hydrogens (primary N) is 1. The average molecular weight is 443 g/mol. The number of halogens is 1. The molecule has 12 heteroatoms. The average Bonchev–Trinajstić information content (AvgIpc) is 2.68. The lowest BCUT2D eigenvalue weighted by atomic mass is 10.2. The first kappa shape index (κ1) is 21.3. The van der Waals surface area contributed by atoms with Gasteiger partial charge >= 0.3 is 0 Å². The van der Waals surface area contributed by atoms with Crippen LogP contribution < -0.4 is 10.5 Å². The number of sulfonamides is 2. The summed E-state index contributed by atoms with van der Waals surface area (Å²) in [6, 6.07) is 8.00. The molecule has 0 saturated carbocycles. The van der Waals surface area contributed by atoms with Crippen molar-refractivity contribution in [2.45, 2.75) is 9.79 Å². The van der Waals surface area contributed by atoms with Crippen LogP contribution in [0, 0.1) is 5.82 Å². The Morgan fingerprint density at radius 3 is 2.38 bits per heavy atom. The second kappa shape index (κ2) is 8.16. The Kier molecular flexibility index (Phi) is 6.00. The van der Waals surface area contributed by atoms with Crippen LogP contribution >= 0.6 is 0 Å². The van der Waals surface area contributed by atoms with Crippen LogP contribution in [0.25, 0.3) is 0 Å². The highest BCUT2D eigenvalue weighted by Crippen LogP contribution is 2.22. The smallest absolute Gasteiger partial charge is 0.258 e. The molecule has 1 fully saturated rings. The first-order valence-electron chi connectivity index (χ1n) is 8.41. The van der Waals surface area contributed by atoms with E-state index in [4.69, 9.17) is 9.88 Å². The van der Waals surface area contributed by atoms with Gasteiger partial charge in [-0.1, -0.05) is 6.07 Å². The third-order valence-corrected chi connectivity index (χ3v) is 7.02. The van der Waals surface area contributed by atoms with Crippen LogP contribution in [-0.2, 0) is 24.8 Å². The normalized spacial score (nSPS) is 15.8. The molecule has 156 valence electrons. The fraction of sp³-hybridized carbons (Fsp3) is 0.235. The second-order valence-electron chi connectivity index (χ2n) is 6.19. The Morgan fingerprint density at radius 1 is 1.03 bits per heavy atom. The molecule has 1 aliphatic rings. The standard InChI is InChI=1S/C17H18FN3O6S2/c18-16-5-4-14(29(25,26)21-6-8-27-9-7-21)11-15(16)17(22)20-12-2-1-3-13(10-12)28(19,23)24/h1-5,10-11H,6-9H2,(H,20,22)(H2,19,23,24). The molecule has 1 amide bonds. The predicted octanol–water partition coefficient (Wildman–Crippen LogP) is 0.746. The molecule has 3 rings (SSSR count). The van der Waals surface area contributed by atoms with Crippen LogP contribution in [0.3, 0.4) is 0 Å². The van der Waals surface area contributed by atoms with Gasteiger partial charge in [0.15, 0.2) is 0 Å². The summed E-state index contributed by atoms with van der Waals surface area (Å²) < 4.78 is 68.8. The summed E-state index contributed by atoms with van der Waals surface area (Å²) in [5.41, 5.74) is -0.442. The van der Waals surface area contributed by atoms with Crippen LogP contribution in [-0.4, -0.2) is 53.4 Å². The molecule has 1 saturated heterocycles. The molecule has 0 bridgehead atoms. The molecule has 1 heterocycles. The number of benzene rings is 2. The minimum Gasteiger partial charge on any atom is -0.379 e. The van der Waals surface area contributed by atoms with Crippen molar-refractivity contribution in [1.82, 2.24) is 4.31 Å². The molecule has 3 N–H and O–H groups in total. The van der Waals surface area contributed by atoms with Gasteiger partial charge in [-0.2, -0.15) is 4.31 Å². The number of anilines is 1. The summed E-state index contributed by atoms with van der Waals surface area (Å²) in [6.07, 6.45) is 0. The van der Waals surface area contributed by atoms with Crippen molar-refractivity contribution in [2.75, 3.05) is 31.6 Å². The van der Waals surface area contributed by atoms with Gasteiger partial charge in [0, 0.05) is 18.8 Å². The summed E-state index contributed by atoms with van der Waals surface area (Å²) in [4.78, 5) is 12.0. The van der Waals surface area contributed by atoms with E-state index in [1.807, 2.05) is 0 Å². The molecule has 0 aliphatic carbocycles. The van der Waals surface area contributed by atoms with Crippen LogP contribution in [0.15, 0.2) is 52.3 Å². The Hall–Kier alpha value is -2.38. The van der Waals surface area contributed by atoms with Crippen molar-refractivity contribution in [3.05, 3.63) is 53.8 Å². The number of carbonyl (C=O) groups excluding carboxylic acids is 1. The van der Waals surface area contributed by atoms with Gasteiger partial charge in [0.25, 0.3) is 5.91 Å². The lowest BCUT2D eigenvalue weighted by Crippen LogP contribution is -2.40. The number of morpholine rings is 1. The molecule has 29 heavy (non-hydrogen) atoms. The van der Waals surface area contributed by atoms with Crippen molar-refractivity contribution in [1.29, 1.82) is 0 Å². The van der Waals surface area contributed by atoms with Gasteiger partial charge in [-0.15, -0.1) is 0 Å². The highest BCUT2D eigenvalue weighted by molar-refractivity contribution is 7.89. The third-order valence-electron chi connectivity index (χ3n) is 4.21. The predicted molar refractivity (Wildman–Crippen MR) is 102 cm³/mol. The summed E-state index contributed by atoms with van der Waals surface area (Å²) in [7, 11) is -7.92. The summed E-state index contributed by atoms with van der Waals surface area (Å²) in [5.74, 6) is -1.86. The van der Waals surface area contributed by atoms with Gasteiger partial charge in [-0.05, 0) is 36.4 Å². The molecule has 0 atom stereocenters. The van der Waals surface area contributed by atoms with Gasteiger partial charge in [-0.25, -0.2) is 26.4 Å². The van der Waals surface area contributed by atoms with E-state index < -0.39 is 37.3 Å². The Morgan fingerprint density at radius 2 is 1.72 bits per heavy atom. The molecule has 0 unspecified atom stereocenters. The molecule has 9 nitrogen and oxygen atoms in total. The fourth-order valence-electron chi connectivity index (χ4n) is 2.72. The zero-order chi connectivity index (χ0) is 21.2. The lowest BCUT2D eigenvalue weighted by molar-refractivity contribution is 0.0730. The van der Waals surface area contributed by atoms with Crippen LogP contribution in [0.4, 0.5) is 10.1 Å². The van der Waals surface area contributed by atoms with E-state index in [2.05, 4.69) is 5.32 Å². The second-order valence-corrected chi connectivity index (χ2v) is 9.68. The topological polar surface area (TPSA) is 136 Å². The Labute approximate surface area is 167 Å². The number of ether oxygens (including phenoxy) is 1. The molecule has 2 aromatic rings. The van der Waals surface area contributed by atoms with Crippen molar-refractivity contribution < 1.29 is 30.8 Å². The largest absolute Gasteiger partial charge is 0.379 e. The number of primary sulfonamides is 1. The van der Waals surface area contributed by atoms with Crippen LogP contribution in [0.2, 0.25) is 0 Å². The van der Waals surface area contributed by atoms with Crippen LogP contribution in [0.5, 0.6) is 0 Å². The molecular formula is C17H18FN3O6S2. The molecule has 2 aromatic carbocycles.